The van der Waals surface area contributed by atoms with Crippen LogP contribution < -0.4 is 5.32 Å². The average Bonchev–Trinajstić information content (AvgIpc) is 3.05. The van der Waals surface area contributed by atoms with Gasteiger partial charge in [0, 0.05) is 5.69 Å². The van der Waals surface area contributed by atoms with Crippen molar-refractivity contribution in [1.29, 1.82) is 0 Å². The zero-order valence-electron chi connectivity index (χ0n) is 15.2. The molecule has 0 fully saturated rings. The van der Waals surface area contributed by atoms with Gasteiger partial charge in [0.2, 0.25) is 0 Å². The maximum Gasteiger partial charge on any atom is 0.0555 e. The SMILES string of the molecule is CC(C)(C)c1ccc2c(c1)CC(c1ccc(-c3ccccc3)cc1)N2. The number of fused-ring (bicyclic) bond motifs is 1. The predicted molar refractivity (Wildman–Crippen MR) is 107 cm³/mol. The number of anilines is 1. The summed E-state index contributed by atoms with van der Waals surface area (Å²) >= 11 is 0. The smallest absolute Gasteiger partial charge is 0.0555 e. The zero-order chi connectivity index (χ0) is 17.4. The molecule has 3 aromatic rings. The van der Waals surface area contributed by atoms with Crippen LogP contribution >= 0.6 is 0 Å². The molecule has 0 saturated carbocycles. The minimum atomic E-state index is 0.199. The topological polar surface area (TPSA) is 12.0 Å². The lowest BCUT2D eigenvalue weighted by Gasteiger charge is -2.19. The Morgan fingerprint density at radius 2 is 1.48 bits per heavy atom. The van der Waals surface area contributed by atoms with E-state index in [0.29, 0.717) is 6.04 Å². The Bertz CT molecular complexity index is 870. The Morgan fingerprint density at radius 3 is 2.16 bits per heavy atom. The van der Waals surface area contributed by atoms with Crippen molar-refractivity contribution in [2.24, 2.45) is 0 Å². The molecule has 0 amide bonds. The minimum Gasteiger partial charge on any atom is -0.378 e. The van der Waals surface area contributed by atoms with Crippen LogP contribution in [0.1, 0.15) is 43.5 Å². The molecule has 1 heteroatoms. The van der Waals surface area contributed by atoms with Crippen molar-refractivity contribution in [3.05, 3.63) is 89.5 Å². The fourth-order valence-electron chi connectivity index (χ4n) is 3.57. The van der Waals surface area contributed by atoms with E-state index < -0.39 is 0 Å². The van der Waals surface area contributed by atoms with E-state index in [1.807, 2.05) is 0 Å². The van der Waals surface area contributed by atoms with Crippen molar-refractivity contribution < 1.29 is 0 Å². The molecule has 126 valence electrons. The Balaban J connectivity index is 1.56. The zero-order valence-corrected chi connectivity index (χ0v) is 15.2. The fraction of sp³-hybridized carbons (Fsp3) is 0.250. The van der Waals surface area contributed by atoms with Gasteiger partial charge in [-0.15, -0.1) is 0 Å². The lowest BCUT2D eigenvalue weighted by Crippen LogP contribution is -2.10. The van der Waals surface area contributed by atoms with Crippen LogP contribution in [0.25, 0.3) is 11.1 Å². The highest BCUT2D eigenvalue weighted by Gasteiger charge is 2.24. The first-order chi connectivity index (χ1) is 12.0. The summed E-state index contributed by atoms with van der Waals surface area (Å²) in [6.07, 6.45) is 1.06. The fourth-order valence-corrected chi connectivity index (χ4v) is 3.57. The van der Waals surface area contributed by atoms with E-state index in [-0.39, 0.29) is 5.41 Å². The molecule has 1 nitrogen and oxygen atoms in total. The third-order valence-electron chi connectivity index (χ3n) is 5.15. The van der Waals surface area contributed by atoms with Gasteiger partial charge >= 0.3 is 0 Å². The van der Waals surface area contributed by atoms with Gasteiger partial charge in [0.05, 0.1) is 6.04 Å². The normalized spacial score (nSPS) is 16.4. The molecule has 0 bridgehead atoms. The van der Waals surface area contributed by atoms with Crippen molar-refractivity contribution >= 4 is 5.69 Å². The molecule has 0 saturated heterocycles. The van der Waals surface area contributed by atoms with Crippen LogP contribution in [0.4, 0.5) is 5.69 Å². The monoisotopic (exact) mass is 327 g/mol. The van der Waals surface area contributed by atoms with Crippen LogP contribution in [-0.4, -0.2) is 0 Å². The van der Waals surface area contributed by atoms with Crippen LogP contribution in [-0.2, 0) is 11.8 Å². The molecule has 0 aliphatic carbocycles. The van der Waals surface area contributed by atoms with E-state index in [2.05, 4.69) is 98.9 Å². The van der Waals surface area contributed by atoms with Crippen molar-refractivity contribution in [2.45, 2.75) is 38.6 Å². The molecular weight excluding hydrogens is 302 g/mol. The van der Waals surface area contributed by atoms with E-state index in [0.717, 1.165) is 6.42 Å². The highest BCUT2D eigenvalue weighted by molar-refractivity contribution is 5.65. The lowest BCUT2D eigenvalue weighted by atomic mass is 9.85. The number of benzene rings is 3. The molecule has 0 aromatic heterocycles. The first kappa shape index (κ1) is 16.0. The highest BCUT2D eigenvalue weighted by atomic mass is 14.9. The van der Waals surface area contributed by atoms with E-state index in [4.69, 9.17) is 0 Å². The maximum absolute atomic E-state index is 3.69. The second kappa shape index (κ2) is 6.07. The molecule has 0 radical (unpaired) electrons. The van der Waals surface area contributed by atoms with Gasteiger partial charge in [0.15, 0.2) is 0 Å². The molecule has 1 unspecified atom stereocenters. The molecule has 4 rings (SSSR count). The minimum absolute atomic E-state index is 0.199. The number of nitrogens with one attached hydrogen (secondary N) is 1. The van der Waals surface area contributed by atoms with Crippen LogP contribution in [0.3, 0.4) is 0 Å². The number of hydrogen-bond acceptors (Lipinski definition) is 1. The van der Waals surface area contributed by atoms with Gasteiger partial charge in [-0.05, 0) is 45.7 Å². The summed E-state index contributed by atoms with van der Waals surface area (Å²) in [6, 6.07) is 26.8. The van der Waals surface area contributed by atoms with Crippen LogP contribution in [0, 0.1) is 0 Å². The summed E-state index contributed by atoms with van der Waals surface area (Å²) in [7, 11) is 0. The van der Waals surface area contributed by atoms with Crippen molar-refractivity contribution in [1.82, 2.24) is 0 Å². The van der Waals surface area contributed by atoms with Crippen LogP contribution in [0.2, 0.25) is 0 Å². The van der Waals surface area contributed by atoms with Gasteiger partial charge in [-0.1, -0.05) is 87.5 Å². The number of rotatable bonds is 2. The third kappa shape index (κ3) is 3.19. The Hall–Kier alpha value is -2.54. The summed E-state index contributed by atoms with van der Waals surface area (Å²) < 4.78 is 0. The number of hydrogen-bond donors (Lipinski definition) is 1. The Morgan fingerprint density at radius 1 is 0.800 bits per heavy atom. The van der Waals surface area contributed by atoms with Crippen LogP contribution in [0.5, 0.6) is 0 Å². The van der Waals surface area contributed by atoms with Gasteiger partial charge in [-0.25, -0.2) is 0 Å². The molecular formula is C24H25N. The largest absolute Gasteiger partial charge is 0.378 e. The molecule has 1 atom stereocenters. The quantitative estimate of drug-likeness (QED) is 0.577. The highest BCUT2D eigenvalue weighted by Crippen LogP contribution is 2.37. The summed E-state index contributed by atoms with van der Waals surface area (Å²) in [5, 5.41) is 3.69. The van der Waals surface area contributed by atoms with Gasteiger partial charge < -0.3 is 5.32 Å². The standard InChI is InChI=1S/C24H25N/c1-24(2,3)21-13-14-22-20(15-21)16-23(25-22)19-11-9-18(10-12-19)17-7-5-4-6-8-17/h4-15,23,25H,16H2,1-3H3. The molecule has 25 heavy (non-hydrogen) atoms. The first-order valence-corrected chi connectivity index (χ1v) is 9.06. The molecule has 0 spiro atoms. The van der Waals surface area contributed by atoms with Gasteiger partial charge in [-0.3, -0.25) is 0 Å². The van der Waals surface area contributed by atoms with Gasteiger partial charge in [-0.2, -0.15) is 0 Å². The maximum atomic E-state index is 3.69. The molecule has 1 aliphatic rings. The van der Waals surface area contributed by atoms with Crippen molar-refractivity contribution in [3.8, 4) is 11.1 Å². The van der Waals surface area contributed by atoms with Crippen molar-refractivity contribution in [2.75, 3.05) is 5.32 Å². The predicted octanol–water partition coefficient (Wildman–Crippen LogP) is 6.36. The van der Waals surface area contributed by atoms with Gasteiger partial charge in [0.1, 0.15) is 0 Å². The molecule has 1 heterocycles. The van der Waals surface area contributed by atoms with Crippen LogP contribution in [0.15, 0.2) is 72.8 Å². The van der Waals surface area contributed by atoms with E-state index >= 15 is 0 Å². The Labute approximate surface area is 150 Å². The summed E-state index contributed by atoms with van der Waals surface area (Å²) in [5.41, 5.74) is 8.22. The second-order valence-corrected chi connectivity index (χ2v) is 8.01. The van der Waals surface area contributed by atoms with E-state index in [9.17, 15) is 0 Å². The summed E-state index contributed by atoms with van der Waals surface area (Å²) in [6.45, 7) is 6.82. The van der Waals surface area contributed by atoms with Gasteiger partial charge in [0.25, 0.3) is 0 Å². The third-order valence-corrected chi connectivity index (χ3v) is 5.15. The lowest BCUT2D eigenvalue weighted by molar-refractivity contribution is 0.589. The molecule has 1 aliphatic heterocycles. The van der Waals surface area contributed by atoms with Crippen molar-refractivity contribution in [3.63, 3.8) is 0 Å². The second-order valence-electron chi connectivity index (χ2n) is 8.01. The van der Waals surface area contributed by atoms with E-state index in [1.54, 1.807) is 0 Å². The average molecular weight is 327 g/mol. The molecule has 1 N–H and O–H groups in total. The van der Waals surface area contributed by atoms with E-state index in [1.165, 1.54) is 33.5 Å². The Kier molecular flexibility index (Phi) is 3.88. The first-order valence-electron chi connectivity index (χ1n) is 9.06. The summed E-state index contributed by atoms with van der Waals surface area (Å²) in [4.78, 5) is 0. The summed E-state index contributed by atoms with van der Waals surface area (Å²) in [5.74, 6) is 0. The molecule has 3 aromatic carbocycles.